The average molecular weight is 1110 g/mol. The molecule has 0 bridgehead atoms. The van der Waals surface area contributed by atoms with Crippen molar-refractivity contribution in [3.63, 3.8) is 0 Å². The maximum atomic E-state index is 2.44. The highest BCUT2D eigenvalue weighted by Gasteiger charge is 2.47. The molecular formula is C85H56N2. The fourth-order valence-corrected chi connectivity index (χ4v) is 14.5. The molecule has 1 aliphatic rings. The molecule has 14 aromatic carbocycles. The Morgan fingerprint density at radius 1 is 0.195 bits per heavy atom. The van der Waals surface area contributed by atoms with Crippen molar-refractivity contribution in [3.05, 3.63) is 362 Å². The Labute approximate surface area is 506 Å². The third-order valence-electron chi connectivity index (χ3n) is 18.5. The van der Waals surface area contributed by atoms with Gasteiger partial charge in [-0.15, -0.1) is 0 Å². The monoisotopic (exact) mass is 1100 g/mol. The van der Waals surface area contributed by atoms with E-state index in [0.717, 1.165) is 5.69 Å². The minimum atomic E-state index is -0.575. The standard InChI is InChI=1S/C85H56N2/c1-3-20-57(21-4-1)58-42-44-63(45-43-58)69-26-7-13-32-77(69)85(78-33-14-8-28-71(78)72-29-9-15-34-79(72)85)67-25-19-24-64(54-67)61-40-38-59(39-41-61)60-46-50-68(51-47-60)86-81-36-17-11-30-73(81)75-55-65(48-52-83(75)86)66-49-53-84-76(56-66)74-31-12-18-37-82(74)87(84)80-35-16-10-27-70(80)62-22-5-2-6-23-62/h1-56H. The lowest BCUT2D eigenvalue weighted by Crippen LogP contribution is -2.29. The summed E-state index contributed by atoms with van der Waals surface area (Å²) < 4.78 is 4.86. The van der Waals surface area contributed by atoms with E-state index in [1.165, 1.54) is 149 Å². The van der Waals surface area contributed by atoms with Gasteiger partial charge in [0.2, 0.25) is 0 Å². The van der Waals surface area contributed by atoms with Crippen LogP contribution in [0.25, 0.3) is 133 Å². The van der Waals surface area contributed by atoms with Gasteiger partial charge in [-0.3, -0.25) is 0 Å². The Morgan fingerprint density at radius 2 is 0.552 bits per heavy atom. The fourth-order valence-electron chi connectivity index (χ4n) is 14.5. The van der Waals surface area contributed by atoms with Gasteiger partial charge in [0.25, 0.3) is 0 Å². The van der Waals surface area contributed by atoms with E-state index in [4.69, 9.17) is 0 Å². The van der Waals surface area contributed by atoms with Crippen molar-refractivity contribution >= 4 is 43.6 Å². The second-order valence-corrected chi connectivity index (χ2v) is 23.1. The van der Waals surface area contributed by atoms with E-state index in [1.807, 2.05) is 0 Å². The third-order valence-corrected chi connectivity index (χ3v) is 18.5. The van der Waals surface area contributed by atoms with Crippen molar-refractivity contribution in [1.82, 2.24) is 9.13 Å². The van der Waals surface area contributed by atoms with Gasteiger partial charge in [-0.1, -0.05) is 279 Å². The van der Waals surface area contributed by atoms with E-state index in [2.05, 4.69) is 349 Å². The second-order valence-electron chi connectivity index (χ2n) is 23.1. The van der Waals surface area contributed by atoms with Crippen LogP contribution in [0.5, 0.6) is 0 Å². The lowest BCUT2D eigenvalue weighted by molar-refractivity contribution is 0.771. The highest BCUT2D eigenvalue weighted by molar-refractivity contribution is 6.13. The highest BCUT2D eigenvalue weighted by Crippen LogP contribution is 2.58. The van der Waals surface area contributed by atoms with E-state index in [0.29, 0.717) is 0 Å². The Morgan fingerprint density at radius 3 is 1.14 bits per heavy atom. The van der Waals surface area contributed by atoms with Crippen LogP contribution in [0.2, 0.25) is 0 Å². The Hall–Kier alpha value is -11.3. The molecule has 2 heteroatoms. The number of para-hydroxylation sites is 3. The van der Waals surface area contributed by atoms with Crippen molar-refractivity contribution < 1.29 is 0 Å². The van der Waals surface area contributed by atoms with Gasteiger partial charge in [-0.05, 0) is 155 Å². The summed E-state index contributed by atoms with van der Waals surface area (Å²) in [7, 11) is 0. The number of aromatic nitrogens is 2. The van der Waals surface area contributed by atoms with Crippen LogP contribution in [0.3, 0.4) is 0 Å². The molecule has 0 spiro atoms. The molecule has 17 rings (SSSR count). The third kappa shape index (κ3) is 8.10. The Bertz CT molecular complexity index is 5250. The maximum Gasteiger partial charge on any atom is 0.0719 e. The minimum absolute atomic E-state index is 0.575. The summed E-state index contributed by atoms with van der Waals surface area (Å²) >= 11 is 0. The van der Waals surface area contributed by atoms with Crippen LogP contribution in [0.1, 0.15) is 22.3 Å². The van der Waals surface area contributed by atoms with Crippen LogP contribution in [0, 0.1) is 0 Å². The molecule has 0 N–H and O–H groups in total. The van der Waals surface area contributed by atoms with Crippen LogP contribution >= 0.6 is 0 Å². The van der Waals surface area contributed by atoms with Crippen molar-refractivity contribution in [2.45, 2.75) is 5.41 Å². The first-order chi connectivity index (χ1) is 43.2. The van der Waals surface area contributed by atoms with Gasteiger partial charge >= 0.3 is 0 Å². The summed E-state index contributed by atoms with van der Waals surface area (Å²) in [6.07, 6.45) is 0. The zero-order valence-electron chi connectivity index (χ0n) is 47.7. The summed E-state index contributed by atoms with van der Waals surface area (Å²) in [5, 5.41) is 4.95. The van der Waals surface area contributed by atoms with Gasteiger partial charge in [0.05, 0.1) is 33.2 Å². The molecule has 0 saturated heterocycles. The Balaban J connectivity index is 0.700. The van der Waals surface area contributed by atoms with Gasteiger partial charge in [0.1, 0.15) is 0 Å². The second kappa shape index (κ2) is 20.5. The number of rotatable bonds is 10. The summed E-state index contributed by atoms with van der Waals surface area (Å²) in [6.45, 7) is 0. The average Bonchev–Trinajstić information content (AvgIpc) is 1.64. The summed E-state index contributed by atoms with van der Waals surface area (Å²) in [5.41, 5.74) is 28.5. The van der Waals surface area contributed by atoms with Gasteiger partial charge < -0.3 is 9.13 Å². The first-order valence-corrected chi connectivity index (χ1v) is 30.1. The lowest BCUT2D eigenvalue weighted by atomic mass is 9.65. The molecule has 16 aromatic rings. The molecular weight excluding hydrogens is 1050 g/mol. The van der Waals surface area contributed by atoms with E-state index < -0.39 is 5.41 Å². The number of nitrogens with zero attached hydrogens (tertiary/aromatic N) is 2. The fraction of sp³-hybridized carbons (Fsp3) is 0.0118. The van der Waals surface area contributed by atoms with Gasteiger partial charge in [0.15, 0.2) is 0 Å². The number of benzene rings is 14. The number of fused-ring (bicyclic) bond motifs is 9. The predicted octanol–water partition coefficient (Wildman–Crippen LogP) is 22.2. The Kier molecular flexibility index (Phi) is 11.8. The SMILES string of the molecule is c1ccc(-c2ccc(-c3ccccc3C3(c4cccc(-c5ccc(-c6ccc(-n7c8ccccc8c8cc(-c9ccc%10c(c9)c9ccccc9n%10-c9ccccc9-c9ccccc9)ccc87)cc6)cc5)c4)c4ccccc4-c4ccccc43)cc2)cc1. The van der Waals surface area contributed by atoms with Gasteiger partial charge in [-0.2, -0.15) is 0 Å². The largest absolute Gasteiger partial charge is 0.309 e. The predicted molar refractivity (Wildman–Crippen MR) is 365 cm³/mol. The van der Waals surface area contributed by atoms with Crippen LogP contribution < -0.4 is 0 Å². The van der Waals surface area contributed by atoms with E-state index in [1.54, 1.807) is 0 Å². The zero-order valence-corrected chi connectivity index (χ0v) is 47.7. The highest BCUT2D eigenvalue weighted by atomic mass is 15.0. The molecule has 2 nitrogen and oxygen atoms in total. The normalized spacial score (nSPS) is 12.5. The van der Waals surface area contributed by atoms with E-state index in [9.17, 15) is 0 Å². The molecule has 406 valence electrons. The molecule has 0 aliphatic heterocycles. The lowest BCUT2D eigenvalue weighted by Gasteiger charge is -2.36. The molecule has 0 radical (unpaired) electrons. The molecule has 0 saturated carbocycles. The van der Waals surface area contributed by atoms with Gasteiger partial charge in [0, 0.05) is 32.8 Å². The van der Waals surface area contributed by atoms with Crippen LogP contribution in [-0.2, 0) is 5.41 Å². The molecule has 0 atom stereocenters. The maximum absolute atomic E-state index is 2.44. The summed E-state index contributed by atoms with van der Waals surface area (Å²) in [4.78, 5) is 0. The summed E-state index contributed by atoms with van der Waals surface area (Å²) in [6, 6.07) is 126. The minimum Gasteiger partial charge on any atom is -0.309 e. The molecule has 1 aliphatic carbocycles. The quantitative estimate of drug-likeness (QED) is 0.129. The van der Waals surface area contributed by atoms with E-state index >= 15 is 0 Å². The molecule has 2 heterocycles. The van der Waals surface area contributed by atoms with Crippen molar-refractivity contribution in [2.75, 3.05) is 0 Å². The molecule has 0 fully saturated rings. The number of hydrogen-bond acceptors (Lipinski definition) is 0. The van der Waals surface area contributed by atoms with Crippen LogP contribution in [0.15, 0.2) is 340 Å². The molecule has 2 aromatic heterocycles. The molecule has 0 amide bonds. The first kappa shape index (κ1) is 50.2. The molecule has 0 unspecified atom stereocenters. The van der Waals surface area contributed by atoms with Crippen LogP contribution in [0.4, 0.5) is 0 Å². The van der Waals surface area contributed by atoms with Crippen molar-refractivity contribution in [3.8, 4) is 89.3 Å². The molecule has 87 heavy (non-hydrogen) atoms. The first-order valence-electron chi connectivity index (χ1n) is 30.1. The van der Waals surface area contributed by atoms with Crippen molar-refractivity contribution in [1.29, 1.82) is 0 Å². The number of hydrogen-bond donors (Lipinski definition) is 0. The van der Waals surface area contributed by atoms with Crippen LogP contribution in [-0.4, -0.2) is 9.13 Å². The smallest absolute Gasteiger partial charge is 0.0719 e. The van der Waals surface area contributed by atoms with Crippen molar-refractivity contribution in [2.24, 2.45) is 0 Å². The summed E-state index contributed by atoms with van der Waals surface area (Å²) in [5.74, 6) is 0. The topological polar surface area (TPSA) is 9.86 Å². The zero-order chi connectivity index (χ0) is 57.4. The van der Waals surface area contributed by atoms with Gasteiger partial charge in [-0.25, -0.2) is 0 Å². The van der Waals surface area contributed by atoms with E-state index in [-0.39, 0.29) is 0 Å².